The van der Waals surface area contributed by atoms with Gasteiger partial charge in [-0.15, -0.1) is 0 Å². The van der Waals surface area contributed by atoms with Crippen molar-refractivity contribution in [2.24, 2.45) is 0 Å². The number of hydrogen-bond acceptors (Lipinski definition) is 6. The molecule has 0 bridgehead atoms. The van der Waals surface area contributed by atoms with Gasteiger partial charge in [-0.25, -0.2) is 0 Å². The molecule has 0 radical (unpaired) electrons. The number of anilines is 1. The summed E-state index contributed by atoms with van der Waals surface area (Å²) < 4.78 is 11.2. The molecule has 2 aromatic carbocycles. The summed E-state index contributed by atoms with van der Waals surface area (Å²) in [5, 5.41) is 11.6. The second-order valence-corrected chi connectivity index (χ2v) is 7.16. The number of morpholine rings is 1. The monoisotopic (exact) mass is 411 g/mol. The van der Waals surface area contributed by atoms with Crippen molar-refractivity contribution in [1.29, 1.82) is 0 Å². The van der Waals surface area contributed by atoms with E-state index in [1.165, 1.54) is 11.0 Å². The molecule has 0 N–H and O–H groups in total. The van der Waals surface area contributed by atoms with Gasteiger partial charge in [0.2, 0.25) is 0 Å². The van der Waals surface area contributed by atoms with Crippen LogP contribution in [0, 0.1) is 17.0 Å². The molecule has 9 heteroatoms. The van der Waals surface area contributed by atoms with Crippen molar-refractivity contribution in [1.82, 2.24) is 4.90 Å². The van der Waals surface area contributed by atoms with Crippen molar-refractivity contribution in [2.75, 3.05) is 37.7 Å². The number of carbonyl (C=O) groups is 2. The summed E-state index contributed by atoms with van der Waals surface area (Å²) >= 11 is 0. The van der Waals surface area contributed by atoms with E-state index in [0.717, 1.165) is 0 Å². The minimum Gasteiger partial charge on any atom is -0.476 e. The minimum absolute atomic E-state index is 0.0192. The number of fused-ring (bicyclic) bond motifs is 1. The molecule has 4 rings (SSSR count). The Hall–Kier alpha value is -3.46. The van der Waals surface area contributed by atoms with Crippen LogP contribution in [-0.2, 0) is 9.53 Å². The Bertz CT molecular complexity index is 1000. The van der Waals surface area contributed by atoms with Crippen LogP contribution < -0.4 is 9.64 Å². The summed E-state index contributed by atoms with van der Waals surface area (Å²) in [6.07, 6.45) is -0.897. The highest BCUT2D eigenvalue weighted by Gasteiger charge is 2.38. The SMILES string of the molecule is Cc1cccc(C(=O)N2C[C@@H](C(=O)N3CCOCC3)Oc3ccccc32)c1[N+](=O)[O-]. The highest BCUT2D eigenvalue weighted by atomic mass is 16.6. The lowest BCUT2D eigenvalue weighted by atomic mass is 10.1. The van der Waals surface area contributed by atoms with Gasteiger partial charge >= 0.3 is 0 Å². The van der Waals surface area contributed by atoms with E-state index in [2.05, 4.69) is 0 Å². The Morgan fingerprint density at radius 1 is 1.10 bits per heavy atom. The largest absolute Gasteiger partial charge is 0.476 e. The Morgan fingerprint density at radius 3 is 2.57 bits per heavy atom. The first-order valence-corrected chi connectivity index (χ1v) is 9.65. The average Bonchev–Trinajstić information content (AvgIpc) is 2.77. The molecule has 1 saturated heterocycles. The highest BCUT2D eigenvalue weighted by Crippen LogP contribution is 2.36. The van der Waals surface area contributed by atoms with Crippen LogP contribution in [0.4, 0.5) is 11.4 Å². The van der Waals surface area contributed by atoms with Crippen LogP contribution in [0.1, 0.15) is 15.9 Å². The quantitative estimate of drug-likeness (QED) is 0.567. The van der Waals surface area contributed by atoms with Gasteiger partial charge in [0.05, 0.1) is 30.4 Å². The van der Waals surface area contributed by atoms with Gasteiger partial charge in [-0.1, -0.05) is 24.3 Å². The van der Waals surface area contributed by atoms with Crippen molar-refractivity contribution in [3.05, 3.63) is 63.7 Å². The molecule has 1 fully saturated rings. The van der Waals surface area contributed by atoms with Crippen molar-refractivity contribution in [2.45, 2.75) is 13.0 Å². The van der Waals surface area contributed by atoms with Gasteiger partial charge in [-0.3, -0.25) is 19.7 Å². The molecule has 0 unspecified atom stereocenters. The van der Waals surface area contributed by atoms with Crippen molar-refractivity contribution < 1.29 is 24.0 Å². The smallest absolute Gasteiger partial charge is 0.285 e. The second-order valence-electron chi connectivity index (χ2n) is 7.16. The third-order valence-corrected chi connectivity index (χ3v) is 5.27. The number of carbonyl (C=O) groups excluding carboxylic acids is 2. The fourth-order valence-corrected chi connectivity index (χ4v) is 3.76. The molecule has 0 aromatic heterocycles. The number of nitro groups is 1. The van der Waals surface area contributed by atoms with Crippen LogP contribution in [0.15, 0.2) is 42.5 Å². The normalized spacial score (nSPS) is 18.4. The molecular formula is C21H21N3O6. The Balaban J connectivity index is 1.70. The summed E-state index contributed by atoms with van der Waals surface area (Å²) in [4.78, 5) is 40.5. The van der Waals surface area contributed by atoms with E-state index in [1.807, 2.05) is 0 Å². The van der Waals surface area contributed by atoms with Crippen LogP contribution in [0.25, 0.3) is 0 Å². The van der Waals surface area contributed by atoms with Crippen LogP contribution >= 0.6 is 0 Å². The molecule has 0 spiro atoms. The number of para-hydroxylation sites is 3. The predicted octanol–water partition coefficient (Wildman–Crippen LogP) is 2.17. The Kier molecular flexibility index (Phi) is 5.37. The fourth-order valence-electron chi connectivity index (χ4n) is 3.76. The third-order valence-electron chi connectivity index (χ3n) is 5.27. The fraction of sp³-hybridized carbons (Fsp3) is 0.333. The van der Waals surface area contributed by atoms with Gasteiger partial charge in [0.25, 0.3) is 17.5 Å². The molecule has 2 heterocycles. The molecule has 2 amide bonds. The van der Waals surface area contributed by atoms with E-state index in [1.54, 1.807) is 48.2 Å². The average molecular weight is 411 g/mol. The molecule has 2 aromatic rings. The van der Waals surface area contributed by atoms with Gasteiger partial charge in [-0.2, -0.15) is 0 Å². The van der Waals surface area contributed by atoms with E-state index >= 15 is 0 Å². The molecule has 1 atom stereocenters. The maximum atomic E-state index is 13.4. The predicted molar refractivity (Wildman–Crippen MR) is 108 cm³/mol. The third kappa shape index (κ3) is 3.59. The number of rotatable bonds is 3. The molecule has 30 heavy (non-hydrogen) atoms. The van der Waals surface area contributed by atoms with Gasteiger partial charge in [-0.05, 0) is 25.1 Å². The van der Waals surface area contributed by atoms with E-state index in [9.17, 15) is 19.7 Å². The maximum Gasteiger partial charge on any atom is 0.285 e. The highest BCUT2D eigenvalue weighted by molar-refractivity contribution is 6.10. The summed E-state index contributed by atoms with van der Waals surface area (Å²) in [5.41, 5.74) is 0.620. The summed E-state index contributed by atoms with van der Waals surface area (Å²) in [5.74, 6) is -0.385. The van der Waals surface area contributed by atoms with Crippen molar-refractivity contribution in [3.63, 3.8) is 0 Å². The van der Waals surface area contributed by atoms with Gasteiger partial charge in [0.15, 0.2) is 6.10 Å². The molecule has 2 aliphatic heterocycles. The molecule has 0 saturated carbocycles. The number of ether oxygens (including phenoxy) is 2. The van der Waals surface area contributed by atoms with Crippen LogP contribution in [0.5, 0.6) is 5.75 Å². The molecule has 9 nitrogen and oxygen atoms in total. The van der Waals surface area contributed by atoms with E-state index in [4.69, 9.17) is 9.47 Å². The van der Waals surface area contributed by atoms with Gasteiger partial charge < -0.3 is 19.3 Å². The van der Waals surface area contributed by atoms with Crippen LogP contribution in [0.3, 0.4) is 0 Å². The van der Waals surface area contributed by atoms with E-state index < -0.39 is 16.9 Å². The van der Waals surface area contributed by atoms with Gasteiger partial charge in [0, 0.05) is 18.7 Å². The molecular weight excluding hydrogens is 390 g/mol. The zero-order valence-corrected chi connectivity index (χ0v) is 16.4. The standard InChI is InChI=1S/C21H21N3O6/c1-14-5-4-6-15(19(14)24(27)28)20(25)23-13-18(21(26)22-9-11-29-12-10-22)30-17-8-3-2-7-16(17)23/h2-8,18H,9-13H2,1H3/t18-/m0/s1. The van der Waals surface area contributed by atoms with Crippen LogP contribution in [-0.4, -0.2) is 60.6 Å². The second kappa shape index (κ2) is 8.11. The number of nitro benzene ring substituents is 1. The maximum absolute atomic E-state index is 13.4. The minimum atomic E-state index is -0.897. The molecule has 156 valence electrons. The van der Waals surface area contributed by atoms with Crippen molar-refractivity contribution >= 4 is 23.2 Å². The summed E-state index contributed by atoms with van der Waals surface area (Å²) in [6.45, 7) is 3.37. The summed E-state index contributed by atoms with van der Waals surface area (Å²) in [6, 6.07) is 11.5. The lowest BCUT2D eigenvalue weighted by molar-refractivity contribution is -0.385. The first kappa shape index (κ1) is 19.8. The number of aryl methyl sites for hydroxylation is 1. The topological polar surface area (TPSA) is 102 Å². The number of nitrogens with zero attached hydrogens (tertiary/aromatic N) is 3. The Morgan fingerprint density at radius 2 is 1.83 bits per heavy atom. The molecule has 2 aliphatic rings. The van der Waals surface area contributed by atoms with Crippen LogP contribution in [0.2, 0.25) is 0 Å². The first-order valence-electron chi connectivity index (χ1n) is 9.65. The zero-order valence-electron chi connectivity index (χ0n) is 16.4. The Labute approximate surface area is 172 Å². The molecule has 0 aliphatic carbocycles. The lowest BCUT2D eigenvalue weighted by Crippen LogP contribution is -2.54. The first-order chi connectivity index (χ1) is 14.5. The summed E-state index contributed by atoms with van der Waals surface area (Å²) in [7, 11) is 0. The zero-order chi connectivity index (χ0) is 21.3. The van der Waals surface area contributed by atoms with E-state index in [0.29, 0.717) is 43.3 Å². The van der Waals surface area contributed by atoms with Crippen molar-refractivity contribution in [3.8, 4) is 5.75 Å². The lowest BCUT2D eigenvalue weighted by Gasteiger charge is -2.37. The van der Waals surface area contributed by atoms with Gasteiger partial charge in [0.1, 0.15) is 11.3 Å². The number of amides is 2. The number of hydrogen-bond donors (Lipinski definition) is 0. The van der Waals surface area contributed by atoms with E-state index in [-0.39, 0.29) is 23.7 Å². The number of benzene rings is 2.